The van der Waals surface area contributed by atoms with Crippen molar-refractivity contribution in [3.05, 3.63) is 48.0 Å². The van der Waals surface area contributed by atoms with Crippen LogP contribution in [0, 0.1) is 12.7 Å². The number of ether oxygens (including phenoxy) is 1. The Morgan fingerprint density at radius 3 is 2.81 bits per heavy atom. The molecule has 0 unspecified atom stereocenters. The molecule has 106 valence electrons. The van der Waals surface area contributed by atoms with Crippen LogP contribution in [0.4, 0.5) is 10.3 Å². The fraction of sp³-hybridized carbons (Fsp3) is 0.0769. The molecule has 0 bridgehead atoms. The van der Waals surface area contributed by atoms with Crippen LogP contribution in [0.3, 0.4) is 0 Å². The minimum Gasteiger partial charge on any atom is -0.424 e. The van der Waals surface area contributed by atoms with Crippen molar-refractivity contribution < 1.29 is 9.13 Å². The summed E-state index contributed by atoms with van der Waals surface area (Å²) in [5, 5.41) is 4.01. The van der Waals surface area contributed by atoms with Gasteiger partial charge in [-0.25, -0.2) is 9.07 Å². The number of aryl methyl sites for hydroxylation is 1. The van der Waals surface area contributed by atoms with Crippen LogP contribution in [0.1, 0.15) is 5.56 Å². The van der Waals surface area contributed by atoms with E-state index in [-0.39, 0.29) is 23.7 Å². The van der Waals surface area contributed by atoms with Gasteiger partial charge in [-0.15, -0.1) is 0 Å². The van der Waals surface area contributed by atoms with Crippen LogP contribution in [0.5, 0.6) is 11.8 Å². The molecular weight excluding hydrogens is 275 g/mol. The van der Waals surface area contributed by atoms with E-state index in [2.05, 4.69) is 20.1 Å². The number of aromatic nitrogens is 5. The first-order valence-corrected chi connectivity index (χ1v) is 6.07. The maximum atomic E-state index is 13.1. The van der Waals surface area contributed by atoms with Crippen LogP contribution in [-0.4, -0.2) is 24.7 Å². The van der Waals surface area contributed by atoms with Gasteiger partial charge in [-0.2, -0.15) is 20.1 Å². The highest BCUT2D eigenvalue weighted by Gasteiger charge is 2.10. The van der Waals surface area contributed by atoms with E-state index in [1.807, 2.05) is 0 Å². The van der Waals surface area contributed by atoms with Gasteiger partial charge in [-0.1, -0.05) is 0 Å². The van der Waals surface area contributed by atoms with E-state index >= 15 is 0 Å². The average molecular weight is 286 g/mol. The second kappa shape index (κ2) is 5.16. The predicted octanol–water partition coefficient (Wildman–Crippen LogP) is 1.88. The van der Waals surface area contributed by atoms with Crippen LogP contribution in [-0.2, 0) is 0 Å². The highest BCUT2D eigenvalue weighted by molar-refractivity contribution is 5.35. The standard InChI is InChI=1S/C13H11FN6O/c1-8-7-9(14)3-4-10(8)21-13-18-11(15)17-12(19-13)20-6-2-5-16-20/h2-7H,1H3,(H2,15,17,18,19). The molecule has 2 aromatic heterocycles. The van der Waals surface area contributed by atoms with Gasteiger partial charge >= 0.3 is 6.01 Å². The van der Waals surface area contributed by atoms with Gasteiger partial charge in [0.2, 0.25) is 5.95 Å². The molecule has 0 aliphatic carbocycles. The lowest BCUT2D eigenvalue weighted by molar-refractivity contribution is 0.434. The van der Waals surface area contributed by atoms with Gasteiger partial charge in [-0.05, 0) is 36.8 Å². The fourth-order valence-electron chi connectivity index (χ4n) is 1.72. The number of hydrogen-bond acceptors (Lipinski definition) is 6. The molecule has 3 rings (SSSR count). The summed E-state index contributed by atoms with van der Waals surface area (Å²) in [7, 11) is 0. The number of nitrogen functional groups attached to an aromatic ring is 1. The molecular formula is C13H11FN6O. The number of nitrogens with zero attached hydrogens (tertiary/aromatic N) is 5. The third kappa shape index (κ3) is 2.78. The quantitative estimate of drug-likeness (QED) is 0.790. The first-order chi connectivity index (χ1) is 10.1. The molecule has 0 spiro atoms. The molecule has 0 aliphatic rings. The molecule has 21 heavy (non-hydrogen) atoms. The molecule has 0 saturated heterocycles. The van der Waals surface area contributed by atoms with Crippen molar-refractivity contribution in [3.8, 4) is 17.7 Å². The van der Waals surface area contributed by atoms with Crippen molar-refractivity contribution in [1.82, 2.24) is 24.7 Å². The number of nitrogens with two attached hydrogens (primary N) is 1. The van der Waals surface area contributed by atoms with Crippen molar-refractivity contribution >= 4 is 5.95 Å². The summed E-state index contributed by atoms with van der Waals surface area (Å²) in [6, 6.07) is 5.89. The van der Waals surface area contributed by atoms with Crippen LogP contribution in [0.15, 0.2) is 36.7 Å². The number of halogens is 1. The third-order valence-corrected chi connectivity index (χ3v) is 2.67. The minimum atomic E-state index is -0.341. The van der Waals surface area contributed by atoms with Crippen LogP contribution >= 0.6 is 0 Å². The monoisotopic (exact) mass is 286 g/mol. The zero-order valence-corrected chi connectivity index (χ0v) is 11.1. The second-order valence-corrected chi connectivity index (χ2v) is 4.24. The molecule has 2 heterocycles. The zero-order chi connectivity index (χ0) is 14.8. The predicted molar refractivity (Wildman–Crippen MR) is 72.6 cm³/mol. The van der Waals surface area contributed by atoms with E-state index in [0.717, 1.165) is 0 Å². The number of anilines is 1. The Morgan fingerprint density at radius 1 is 1.24 bits per heavy atom. The smallest absolute Gasteiger partial charge is 0.328 e. The normalized spacial score (nSPS) is 10.6. The first kappa shape index (κ1) is 13.0. The third-order valence-electron chi connectivity index (χ3n) is 2.67. The summed E-state index contributed by atoms with van der Waals surface area (Å²) < 4.78 is 20.0. The van der Waals surface area contributed by atoms with Crippen molar-refractivity contribution in [1.29, 1.82) is 0 Å². The van der Waals surface area contributed by atoms with E-state index in [1.54, 1.807) is 25.4 Å². The van der Waals surface area contributed by atoms with Crippen LogP contribution < -0.4 is 10.5 Å². The molecule has 0 fully saturated rings. The molecule has 0 aliphatic heterocycles. The van der Waals surface area contributed by atoms with E-state index in [1.165, 1.54) is 22.9 Å². The zero-order valence-electron chi connectivity index (χ0n) is 11.1. The lowest BCUT2D eigenvalue weighted by Gasteiger charge is -2.08. The molecule has 8 heteroatoms. The highest BCUT2D eigenvalue weighted by atomic mass is 19.1. The van der Waals surface area contributed by atoms with Crippen molar-refractivity contribution in [2.75, 3.05) is 5.73 Å². The van der Waals surface area contributed by atoms with Gasteiger partial charge in [-0.3, -0.25) is 0 Å². The highest BCUT2D eigenvalue weighted by Crippen LogP contribution is 2.23. The van der Waals surface area contributed by atoms with E-state index < -0.39 is 0 Å². The maximum absolute atomic E-state index is 13.1. The summed E-state index contributed by atoms with van der Waals surface area (Å²) in [6.45, 7) is 1.72. The van der Waals surface area contributed by atoms with Gasteiger partial charge in [0.1, 0.15) is 11.6 Å². The van der Waals surface area contributed by atoms with Gasteiger partial charge in [0, 0.05) is 12.4 Å². The maximum Gasteiger partial charge on any atom is 0.328 e. The topological polar surface area (TPSA) is 91.7 Å². The molecule has 0 saturated carbocycles. The van der Waals surface area contributed by atoms with Crippen LogP contribution in [0.25, 0.3) is 5.95 Å². The fourth-order valence-corrected chi connectivity index (χ4v) is 1.72. The molecule has 2 N–H and O–H groups in total. The molecule has 7 nitrogen and oxygen atoms in total. The Hall–Kier alpha value is -3.03. The van der Waals surface area contributed by atoms with Gasteiger partial charge in [0.25, 0.3) is 5.95 Å². The van der Waals surface area contributed by atoms with E-state index in [0.29, 0.717) is 11.3 Å². The minimum absolute atomic E-state index is 0.00487. The lowest BCUT2D eigenvalue weighted by Crippen LogP contribution is -2.08. The molecule has 0 amide bonds. The van der Waals surface area contributed by atoms with Gasteiger partial charge < -0.3 is 10.5 Å². The van der Waals surface area contributed by atoms with Crippen molar-refractivity contribution in [3.63, 3.8) is 0 Å². The Balaban J connectivity index is 1.95. The number of rotatable bonds is 3. The molecule has 1 aromatic carbocycles. The van der Waals surface area contributed by atoms with Gasteiger partial charge in [0.15, 0.2) is 0 Å². The van der Waals surface area contributed by atoms with Crippen LogP contribution in [0.2, 0.25) is 0 Å². The summed E-state index contributed by atoms with van der Waals surface area (Å²) in [6.07, 6.45) is 3.26. The summed E-state index contributed by atoms with van der Waals surface area (Å²) >= 11 is 0. The number of hydrogen-bond donors (Lipinski definition) is 1. The molecule has 0 radical (unpaired) electrons. The van der Waals surface area contributed by atoms with E-state index in [9.17, 15) is 4.39 Å². The molecule has 0 atom stereocenters. The number of benzene rings is 1. The largest absolute Gasteiger partial charge is 0.424 e. The SMILES string of the molecule is Cc1cc(F)ccc1Oc1nc(N)nc(-n2cccn2)n1. The summed E-state index contributed by atoms with van der Waals surface area (Å²) in [4.78, 5) is 12.0. The summed E-state index contributed by atoms with van der Waals surface area (Å²) in [5.41, 5.74) is 6.26. The Bertz CT molecular complexity index is 774. The molecule has 3 aromatic rings. The average Bonchev–Trinajstić information content (AvgIpc) is 2.95. The Kier molecular flexibility index (Phi) is 3.19. The summed E-state index contributed by atoms with van der Waals surface area (Å²) in [5.74, 6) is 0.341. The Morgan fingerprint density at radius 2 is 2.10 bits per heavy atom. The lowest BCUT2D eigenvalue weighted by atomic mass is 10.2. The van der Waals surface area contributed by atoms with E-state index in [4.69, 9.17) is 10.5 Å². The van der Waals surface area contributed by atoms with Gasteiger partial charge in [0.05, 0.1) is 0 Å². The Labute approximate surface area is 119 Å². The second-order valence-electron chi connectivity index (χ2n) is 4.24. The van der Waals surface area contributed by atoms with Crippen molar-refractivity contribution in [2.24, 2.45) is 0 Å². The first-order valence-electron chi connectivity index (χ1n) is 6.07. The van der Waals surface area contributed by atoms with Crippen molar-refractivity contribution in [2.45, 2.75) is 6.92 Å².